The molecule has 2 heterocycles. The summed E-state index contributed by atoms with van der Waals surface area (Å²) in [5, 5.41) is 10.0. The van der Waals surface area contributed by atoms with Crippen LogP contribution < -0.4 is 5.32 Å². The normalized spacial score (nSPS) is 20.4. The van der Waals surface area contributed by atoms with E-state index in [2.05, 4.69) is 20.5 Å². The van der Waals surface area contributed by atoms with Crippen molar-refractivity contribution >= 4 is 29.0 Å². The molecule has 0 spiro atoms. The topological polar surface area (TPSA) is 53.9 Å². The molecule has 1 aromatic heterocycles. The molecular formula is C10H12Cl2F3N5. The van der Waals surface area contributed by atoms with E-state index in [0.717, 1.165) is 0 Å². The van der Waals surface area contributed by atoms with Gasteiger partial charge in [-0.15, -0.1) is 10.2 Å². The largest absolute Gasteiger partial charge is 0.401 e. The molecule has 0 saturated carbocycles. The first-order chi connectivity index (χ1) is 9.33. The van der Waals surface area contributed by atoms with Crippen molar-refractivity contribution in [1.82, 2.24) is 20.1 Å². The van der Waals surface area contributed by atoms with Crippen molar-refractivity contribution in [2.45, 2.75) is 12.6 Å². The Labute approximate surface area is 123 Å². The SMILES string of the molecule is FC(F)(F)CN1CCC(CNc2nc(Cl)nnc2Cl)C1. The first-order valence-corrected chi connectivity index (χ1v) is 6.68. The minimum absolute atomic E-state index is 0.0398. The fourth-order valence-corrected chi connectivity index (χ4v) is 2.39. The fraction of sp³-hybridized carbons (Fsp3) is 0.700. The van der Waals surface area contributed by atoms with Gasteiger partial charge in [0, 0.05) is 13.1 Å². The molecule has 0 aromatic carbocycles. The maximum absolute atomic E-state index is 12.3. The summed E-state index contributed by atoms with van der Waals surface area (Å²) in [6, 6.07) is 0. The second kappa shape index (κ2) is 6.28. The van der Waals surface area contributed by atoms with Crippen molar-refractivity contribution in [3.05, 3.63) is 10.4 Å². The lowest BCUT2D eigenvalue weighted by Crippen LogP contribution is -2.33. The molecule has 1 saturated heterocycles. The van der Waals surface area contributed by atoms with Crippen molar-refractivity contribution < 1.29 is 13.2 Å². The Morgan fingerprint density at radius 1 is 1.30 bits per heavy atom. The molecule has 10 heteroatoms. The Kier molecular flexibility index (Phi) is 4.87. The predicted octanol–water partition coefficient (Wildman–Crippen LogP) is 2.47. The van der Waals surface area contributed by atoms with E-state index >= 15 is 0 Å². The van der Waals surface area contributed by atoms with Crippen LogP contribution in [0.5, 0.6) is 0 Å². The van der Waals surface area contributed by atoms with Gasteiger partial charge in [-0.25, -0.2) is 0 Å². The average molecular weight is 330 g/mol. The van der Waals surface area contributed by atoms with Gasteiger partial charge in [0.25, 0.3) is 0 Å². The van der Waals surface area contributed by atoms with Gasteiger partial charge in [0.15, 0.2) is 11.0 Å². The van der Waals surface area contributed by atoms with Gasteiger partial charge < -0.3 is 5.32 Å². The third kappa shape index (κ3) is 4.60. The summed E-state index contributed by atoms with van der Waals surface area (Å²) in [5.74, 6) is 0.392. The van der Waals surface area contributed by atoms with Crippen molar-refractivity contribution in [3.63, 3.8) is 0 Å². The molecule has 0 aliphatic carbocycles. The van der Waals surface area contributed by atoms with Crippen LogP contribution in [0.1, 0.15) is 6.42 Å². The van der Waals surface area contributed by atoms with Gasteiger partial charge in [0.05, 0.1) is 6.54 Å². The van der Waals surface area contributed by atoms with Gasteiger partial charge in [0.1, 0.15) is 0 Å². The first-order valence-electron chi connectivity index (χ1n) is 5.92. The molecule has 112 valence electrons. The summed E-state index contributed by atoms with van der Waals surface area (Å²) < 4.78 is 36.8. The number of nitrogens with zero attached hydrogens (tertiary/aromatic N) is 4. The summed E-state index contributed by atoms with van der Waals surface area (Å²) in [4.78, 5) is 5.26. The highest BCUT2D eigenvalue weighted by molar-refractivity contribution is 6.32. The Balaban J connectivity index is 1.82. The lowest BCUT2D eigenvalue weighted by atomic mass is 10.1. The van der Waals surface area contributed by atoms with Crippen molar-refractivity contribution in [3.8, 4) is 0 Å². The van der Waals surface area contributed by atoms with Gasteiger partial charge in [0.2, 0.25) is 5.28 Å². The molecule has 2 rings (SSSR count). The van der Waals surface area contributed by atoms with Gasteiger partial charge in [-0.2, -0.15) is 18.2 Å². The van der Waals surface area contributed by atoms with Gasteiger partial charge in [-0.1, -0.05) is 11.6 Å². The molecule has 1 aliphatic rings. The number of rotatable bonds is 4. The van der Waals surface area contributed by atoms with Crippen LogP contribution in [0.3, 0.4) is 0 Å². The van der Waals surface area contributed by atoms with E-state index in [1.165, 1.54) is 4.90 Å². The van der Waals surface area contributed by atoms with Gasteiger partial charge in [-0.05, 0) is 30.5 Å². The molecule has 20 heavy (non-hydrogen) atoms. The molecule has 1 aromatic rings. The third-order valence-electron chi connectivity index (χ3n) is 2.95. The van der Waals surface area contributed by atoms with Crippen LogP contribution in [0.15, 0.2) is 0 Å². The minimum atomic E-state index is -4.16. The third-order valence-corrected chi connectivity index (χ3v) is 3.37. The van der Waals surface area contributed by atoms with Crippen LogP contribution >= 0.6 is 23.2 Å². The second-order valence-corrected chi connectivity index (χ2v) is 5.30. The molecule has 1 fully saturated rings. The number of anilines is 1. The van der Waals surface area contributed by atoms with Crippen molar-refractivity contribution in [2.75, 3.05) is 31.5 Å². The molecule has 5 nitrogen and oxygen atoms in total. The van der Waals surface area contributed by atoms with Crippen LogP contribution in [-0.4, -0.2) is 52.4 Å². The minimum Gasteiger partial charge on any atom is -0.367 e. The predicted molar refractivity (Wildman–Crippen MR) is 68.9 cm³/mol. The number of aromatic nitrogens is 3. The summed E-state index contributed by atoms with van der Waals surface area (Å²) >= 11 is 11.4. The number of alkyl halides is 3. The molecule has 1 atom stereocenters. The van der Waals surface area contributed by atoms with Crippen molar-refractivity contribution in [1.29, 1.82) is 0 Å². The zero-order valence-corrected chi connectivity index (χ0v) is 11.8. The van der Waals surface area contributed by atoms with Gasteiger partial charge >= 0.3 is 6.18 Å². The zero-order valence-electron chi connectivity index (χ0n) is 10.3. The fourth-order valence-electron chi connectivity index (χ4n) is 2.12. The molecule has 0 bridgehead atoms. The standard InChI is InChI=1S/C10H12Cl2F3N5/c11-7-8(17-9(12)19-18-7)16-3-6-1-2-20(4-6)5-10(13,14)15/h6H,1-5H2,(H,16,17,19). The van der Waals surface area contributed by atoms with E-state index in [-0.39, 0.29) is 16.4 Å². The maximum Gasteiger partial charge on any atom is 0.401 e. The van der Waals surface area contributed by atoms with E-state index in [0.29, 0.717) is 31.9 Å². The Bertz CT molecular complexity index is 471. The molecular weight excluding hydrogens is 318 g/mol. The van der Waals surface area contributed by atoms with E-state index in [1.54, 1.807) is 0 Å². The molecule has 1 unspecified atom stereocenters. The molecule has 1 aliphatic heterocycles. The quantitative estimate of drug-likeness (QED) is 0.919. The van der Waals surface area contributed by atoms with E-state index in [1.807, 2.05) is 0 Å². The number of hydrogen-bond donors (Lipinski definition) is 1. The van der Waals surface area contributed by atoms with Crippen LogP contribution in [0.2, 0.25) is 10.4 Å². The van der Waals surface area contributed by atoms with Crippen LogP contribution in [-0.2, 0) is 0 Å². The summed E-state index contributed by atoms with van der Waals surface area (Å²) in [6.07, 6.45) is -3.47. The summed E-state index contributed by atoms with van der Waals surface area (Å²) in [7, 11) is 0. The van der Waals surface area contributed by atoms with Crippen LogP contribution in [0.4, 0.5) is 19.0 Å². The number of likely N-dealkylation sites (tertiary alicyclic amines) is 1. The van der Waals surface area contributed by atoms with Gasteiger partial charge in [-0.3, -0.25) is 4.90 Å². The summed E-state index contributed by atoms with van der Waals surface area (Å²) in [6.45, 7) is 0.410. The summed E-state index contributed by atoms with van der Waals surface area (Å²) in [5.41, 5.74) is 0. The number of hydrogen-bond acceptors (Lipinski definition) is 5. The molecule has 0 amide bonds. The second-order valence-electron chi connectivity index (χ2n) is 4.61. The average Bonchev–Trinajstić information content (AvgIpc) is 2.75. The molecule has 1 N–H and O–H groups in total. The lowest BCUT2D eigenvalue weighted by Gasteiger charge is -2.18. The highest BCUT2D eigenvalue weighted by Crippen LogP contribution is 2.24. The van der Waals surface area contributed by atoms with E-state index in [4.69, 9.17) is 23.2 Å². The Morgan fingerprint density at radius 3 is 2.75 bits per heavy atom. The zero-order chi connectivity index (χ0) is 14.8. The number of nitrogens with one attached hydrogen (secondary N) is 1. The number of halogens is 5. The monoisotopic (exact) mass is 329 g/mol. The van der Waals surface area contributed by atoms with E-state index < -0.39 is 12.7 Å². The van der Waals surface area contributed by atoms with Crippen molar-refractivity contribution in [2.24, 2.45) is 5.92 Å². The Morgan fingerprint density at radius 2 is 2.05 bits per heavy atom. The first kappa shape index (κ1) is 15.5. The lowest BCUT2D eigenvalue weighted by molar-refractivity contribution is -0.143. The highest BCUT2D eigenvalue weighted by atomic mass is 35.5. The van der Waals surface area contributed by atoms with Crippen LogP contribution in [0.25, 0.3) is 0 Å². The molecule has 0 radical (unpaired) electrons. The van der Waals surface area contributed by atoms with Crippen LogP contribution in [0, 0.1) is 5.92 Å². The highest BCUT2D eigenvalue weighted by Gasteiger charge is 2.34. The van der Waals surface area contributed by atoms with E-state index in [9.17, 15) is 13.2 Å². The Hall–Kier alpha value is -0.860. The maximum atomic E-state index is 12.3. The smallest absolute Gasteiger partial charge is 0.367 e.